The van der Waals surface area contributed by atoms with Crippen LogP contribution in [0.3, 0.4) is 0 Å². The van der Waals surface area contributed by atoms with Crippen molar-refractivity contribution in [2.45, 2.75) is 18.9 Å². The molecule has 0 radical (unpaired) electrons. The van der Waals surface area contributed by atoms with E-state index in [1.807, 2.05) is 18.2 Å². The van der Waals surface area contributed by atoms with Gasteiger partial charge < -0.3 is 11.1 Å². The van der Waals surface area contributed by atoms with Crippen LogP contribution in [0.1, 0.15) is 12.8 Å². The maximum Gasteiger partial charge on any atom is 0.238 e. The van der Waals surface area contributed by atoms with Gasteiger partial charge in [-0.05, 0) is 36.8 Å². The van der Waals surface area contributed by atoms with Crippen LogP contribution in [0.2, 0.25) is 0 Å². The highest BCUT2D eigenvalue weighted by molar-refractivity contribution is 7.58. The molecule has 2 heterocycles. The van der Waals surface area contributed by atoms with Crippen molar-refractivity contribution in [2.24, 2.45) is 26.3 Å². The smallest absolute Gasteiger partial charge is 0.238 e. The maximum atomic E-state index is 12.3. The van der Waals surface area contributed by atoms with Crippen LogP contribution >= 0.6 is 0 Å². The van der Waals surface area contributed by atoms with Gasteiger partial charge in [-0.2, -0.15) is 8.73 Å². The number of nitrogens with one attached hydrogen (secondary N) is 1. The van der Waals surface area contributed by atoms with Gasteiger partial charge in [0, 0.05) is 19.1 Å². The lowest BCUT2D eigenvalue weighted by Crippen LogP contribution is -2.34. The Labute approximate surface area is 133 Å². The van der Waals surface area contributed by atoms with Crippen LogP contribution in [0.15, 0.2) is 26.9 Å². The Balaban J connectivity index is 1.38. The highest BCUT2D eigenvalue weighted by Gasteiger charge is 2.41. The first kappa shape index (κ1) is 14.0. The number of hydrogen-bond donors (Lipinski definition) is 2. The van der Waals surface area contributed by atoms with Gasteiger partial charge in [0.2, 0.25) is 5.91 Å². The summed E-state index contributed by atoms with van der Waals surface area (Å²) < 4.78 is 8.44. The molecule has 1 saturated heterocycles. The molecule has 1 aromatic carbocycles. The average molecular weight is 317 g/mol. The van der Waals surface area contributed by atoms with Crippen LogP contribution in [0.4, 0.5) is 17.1 Å². The molecule has 0 spiro atoms. The van der Waals surface area contributed by atoms with Crippen molar-refractivity contribution in [3.8, 4) is 0 Å². The van der Waals surface area contributed by atoms with Gasteiger partial charge >= 0.3 is 0 Å². The van der Waals surface area contributed by atoms with Crippen LogP contribution in [0.25, 0.3) is 0 Å². The molecule has 6 nitrogen and oxygen atoms in total. The van der Waals surface area contributed by atoms with E-state index in [1.165, 1.54) is 6.42 Å². The second-order valence-corrected chi connectivity index (χ2v) is 6.87. The van der Waals surface area contributed by atoms with Crippen LogP contribution in [0.5, 0.6) is 0 Å². The predicted molar refractivity (Wildman–Crippen MR) is 87.2 cm³/mol. The first-order valence-corrected chi connectivity index (χ1v) is 8.43. The van der Waals surface area contributed by atoms with Crippen LogP contribution in [-0.4, -0.2) is 36.5 Å². The molecule has 2 fully saturated rings. The summed E-state index contributed by atoms with van der Waals surface area (Å²) >= 11 is 1.16. The lowest BCUT2D eigenvalue weighted by molar-refractivity contribution is -0.117. The Hall–Kier alpha value is -1.57. The van der Waals surface area contributed by atoms with E-state index >= 15 is 0 Å². The average Bonchev–Trinajstić information content (AvgIpc) is 3.17. The van der Waals surface area contributed by atoms with Crippen LogP contribution in [0, 0.1) is 11.8 Å². The number of rotatable bonds is 3. The molecule has 1 saturated carbocycles. The minimum absolute atomic E-state index is 0.00837. The number of carbonyl (C=O) groups excluding carboxylic acids is 1. The summed E-state index contributed by atoms with van der Waals surface area (Å²) in [6, 6.07) is 5.97. The summed E-state index contributed by atoms with van der Waals surface area (Å²) in [7, 11) is 0. The number of carbonyl (C=O) groups is 1. The third kappa shape index (κ3) is 2.49. The Bertz CT molecular complexity index is 685. The first-order chi connectivity index (χ1) is 10.7. The van der Waals surface area contributed by atoms with E-state index in [0.717, 1.165) is 47.9 Å². The van der Waals surface area contributed by atoms with Crippen LogP contribution < -0.4 is 11.1 Å². The number of nitrogens with two attached hydrogens (primary N) is 1. The van der Waals surface area contributed by atoms with Crippen molar-refractivity contribution < 1.29 is 4.79 Å². The fourth-order valence-electron chi connectivity index (χ4n) is 3.83. The normalized spacial score (nSPS) is 29.2. The van der Waals surface area contributed by atoms with Crippen molar-refractivity contribution in [1.29, 1.82) is 0 Å². The predicted octanol–water partition coefficient (Wildman–Crippen LogP) is 2.02. The standard InChI is InChI=1S/C15H19N5OS/c16-11-5-4-9-6-20(7-10(9)11)8-14(21)17-12-2-1-3-13-15(12)19-22-18-13/h1-3,9-11H,4-8,16H2,(H,17,21). The summed E-state index contributed by atoms with van der Waals surface area (Å²) in [5.74, 6) is 1.25. The van der Waals surface area contributed by atoms with Gasteiger partial charge in [-0.25, -0.2) is 0 Å². The zero-order chi connectivity index (χ0) is 15.1. The van der Waals surface area contributed by atoms with Gasteiger partial charge in [-0.1, -0.05) is 6.07 Å². The van der Waals surface area contributed by atoms with Gasteiger partial charge in [-0.15, -0.1) is 0 Å². The molecule has 1 aliphatic carbocycles. The molecule has 3 unspecified atom stereocenters. The molecule has 3 aliphatic rings. The van der Waals surface area contributed by atoms with Gasteiger partial charge in [0.1, 0.15) is 11.4 Å². The molecule has 4 rings (SSSR count). The number of benzene rings is 1. The monoisotopic (exact) mass is 317 g/mol. The van der Waals surface area contributed by atoms with Crippen molar-refractivity contribution in [3.05, 3.63) is 18.2 Å². The van der Waals surface area contributed by atoms with E-state index in [-0.39, 0.29) is 5.91 Å². The lowest BCUT2D eigenvalue weighted by atomic mass is 9.98. The molecular weight excluding hydrogens is 298 g/mol. The van der Waals surface area contributed by atoms with Crippen LogP contribution in [-0.2, 0) is 16.1 Å². The minimum Gasteiger partial charge on any atom is -0.327 e. The summed E-state index contributed by atoms with van der Waals surface area (Å²) in [5, 5.41) is 2.97. The molecule has 0 aromatic heterocycles. The van der Waals surface area contributed by atoms with E-state index in [9.17, 15) is 4.79 Å². The van der Waals surface area contributed by atoms with Crippen molar-refractivity contribution in [3.63, 3.8) is 0 Å². The van der Waals surface area contributed by atoms with E-state index < -0.39 is 0 Å². The summed E-state index contributed by atoms with van der Waals surface area (Å²) in [6.45, 7) is 2.36. The van der Waals surface area contributed by atoms with Gasteiger partial charge in [0.15, 0.2) is 0 Å². The molecule has 3 N–H and O–H groups in total. The number of fused-ring (bicyclic) bond motifs is 2. The van der Waals surface area contributed by atoms with Crippen molar-refractivity contribution in [2.75, 3.05) is 25.0 Å². The fraction of sp³-hybridized carbons (Fsp3) is 0.533. The Morgan fingerprint density at radius 1 is 1.36 bits per heavy atom. The highest BCUT2D eigenvalue weighted by Crippen LogP contribution is 2.39. The summed E-state index contributed by atoms with van der Waals surface area (Å²) in [4.78, 5) is 14.5. The largest absolute Gasteiger partial charge is 0.327 e. The second-order valence-electron chi connectivity index (χ2n) is 6.34. The van der Waals surface area contributed by atoms with E-state index in [1.54, 1.807) is 0 Å². The second kappa shape index (κ2) is 5.57. The number of likely N-dealkylation sites (tertiary alicyclic amines) is 1. The summed E-state index contributed by atoms with van der Waals surface area (Å²) in [6.07, 6.45) is 2.34. The molecule has 0 bridgehead atoms. The quantitative estimate of drug-likeness (QED) is 0.908. The van der Waals surface area contributed by atoms with E-state index in [2.05, 4.69) is 18.9 Å². The maximum absolute atomic E-state index is 12.3. The Morgan fingerprint density at radius 2 is 2.27 bits per heavy atom. The molecule has 116 valence electrons. The number of nitrogens with zero attached hydrogens (tertiary/aromatic N) is 3. The molecular formula is C15H19N5OS. The topological polar surface area (TPSA) is 83.1 Å². The first-order valence-electron chi connectivity index (χ1n) is 7.70. The third-order valence-electron chi connectivity index (χ3n) is 4.92. The number of amides is 1. The van der Waals surface area contributed by atoms with E-state index in [0.29, 0.717) is 24.4 Å². The Kier molecular flexibility index (Phi) is 3.56. The zero-order valence-corrected chi connectivity index (χ0v) is 13.1. The fourth-order valence-corrected chi connectivity index (χ4v) is 4.38. The molecule has 1 aromatic rings. The van der Waals surface area contributed by atoms with Gasteiger partial charge in [0.25, 0.3) is 0 Å². The van der Waals surface area contributed by atoms with E-state index in [4.69, 9.17) is 5.73 Å². The molecule has 1 amide bonds. The molecule has 2 aliphatic heterocycles. The molecule has 3 atom stereocenters. The molecule has 7 heteroatoms. The minimum atomic E-state index is 0.00837. The molecule has 22 heavy (non-hydrogen) atoms. The highest BCUT2D eigenvalue weighted by atomic mass is 32.1. The SMILES string of the molecule is NC1CCC2CN(CC(=O)Nc3cccc4c3N=S=N4)CC12. The van der Waals surface area contributed by atoms with Crippen molar-refractivity contribution in [1.82, 2.24) is 4.90 Å². The zero-order valence-electron chi connectivity index (χ0n) is 12.2. The van der Waals surface area contributed by atoms with Gasteiger partial charge in [-0.3, -0.25) is 9.69 Å². The lowest BCUT2D eigenvalue weighted by Gasteiger charge is -2.18. The van der Waals surface area contributed by atoms with Gasteiger partial charge in [0.05, 0.1) is 23.6 Å². The van der Waals surface area contributed by atoms with Crippen molar-refractivity contribution >= 4 is 34.3 Å². The third-order valence-corrected chi connectivity index (χ3v) is 5.46. The summed E-state index contributed by atoms with van der Waals surface area (Å²) in [5.41, 5.74) is 8.48. The Morgan fingerprint density at radius 3 is 3.14 bits per heavy atom. The number of anilines is 1. The number of hydrogen-bond acceptors (Lipinski definition) is 5.